The maximum atomic E-state index is 7.28. The van der Waals surface area contributed by atoms with Gasteiger partial charge in [-0.05, 0) is 61.3 Å². The van der Waals surface area contributed by atoms with Crippen LogP contribution in [0.25, 0.3) is 0 Å². The first-order chi connectivity index (χ1) is 21.4. The second-order valence-corrected chi connectivity index (χ2v) is 17.5. The Labute approximate surface area is 279 Å². The van der Waals surface area contributed by atoms with Gasteiger partial charge in [0.05, 0.1) is 0 Å². The average Bonchev–Trinajstić information content (AvgIpc) is 3.05. The smallest absolute Gasteiger partial charge is 0.139 e. The molecule has 0 saturated heterocycles. The summed E-state index contributed by atoms with van der Waals surface area (Å²) in [5.74, 6) is 1.99. The Morgan fingerprint density at radius 1 is 0.432 bits per heavy atom. The van der Waals surface area contributed by atoms with Crippen molar-refractivity contribution in [2.45, 2.75) is 19.3 Å². The number of benzene rings is 6. The number of para-hydroxylation sites is 2. The number of fused-ring (bicyclic) bond motifs is 2. The predicted octanol–water partition coefficient (Wildman–Crippen LogP) is 9.16. The van der Waals surface area contributed by atoms with Crippen LogP contribution in [0.4, 0.5) is 0 Å². The van der Waals surface area contributed by atoms with Gasteiger partial charge in [-0.25, -0.2) is 0 Å². The van der Waals surface area contributed by atoms with Gasteiger partial charge in [-0.3, -0.25) is 0 Å². The van der Waals surface area contributed by atoms with Crippen LogP contribution in [0.3, 0.4) is 0 Å². The van der Waals surface area contributed by atoms with E-state index in [0.29, 0.717) is 0 Å². The Bertz CT molecular complexity index is 1780. The fourth-order valence-corrected chi connectivity index (χ4v) is 11.3. The van der Waals surface area contributed by atoms with E-state index < -0.39 is 15.8 Å². The fraction of sp³-hybridized carbons (Fsp3) is 0.0769. The van der Waals surface area contributed by atoms with E-state index in [0.717, 1.165) is 20.4 Å². The van der Waals surface area contributed by atoms with Crippen molar-refractivity contribution >= 4 is 79.5 Å². The van der Waals surface area contributed by atoms with E-state index in [1.54, 1.807) is 0 Å². The summed E-state index contributed by atoms with van der Waals surface area (Å²) in [7, 11) is -1.73. The maximum absolute atomic E-state index is 7.28. The Kier molecular flexibility index (Phi) is 8.34. The molecule has 0 amide bonds. The monoisotopic (exact) mass is 734 g/mol. The number of ether oxygens (including phenoxy) is 1. The van der Waals surface area contributed by atoms with Crippen LogP contribution in [-0.4, -0.2) is 0 Å². The van der Waals surface area contributed by atoms with Gasteiger partial charge in [-0.15, -0.1) is 0 Å². The van der Waals surface area contributed by atoms with E-state index in [1.807, 2.05) is 0 Å². The zero-order valence-electron chi connectivity index (χ0n) is 24.4. The van der Waals surface area contributed by atoms with Crippen LogP contribution in [0, 0.1) is 0 Å². The van der Waals surface area contributed by atoms with Gasteiger partial charge in [0, 0.05) is 36.1 Å². The van der Waals surface area contributed by atoms with Gasteiger partial charge in [0.15, 0.2) is 0 Å². The standard InChI is InChI=1S/C39H30Br2OP2/c1-39(2)33-15-9-17-35(43(29-11-5-3-6-12-29)31-23-19-27(40)20-24-31)37(33)42-38-34(39)16-10-18-36(38)44(30-13-7-4-8-14-30)32-25-21-28(41)22-26-32/h3-26H,1-2H3. The molecule has 5 heteroatoms. The van der Waals surface area contributed by atoms with Gasteiger partial charge in [0.25, 0.3) is 0 Å². The lowest BCUT2D eigenvalue weighted by Gasteiger charge is -2.38. The van der Waals surface area contributed by atoms with Crippen LogP contribution in [0.5, 0.6) is 11.5 Å². The minimum atomic E-state index is -0.866. The lowest BCUT2D eigenvalue weighted by Crippen LogP contribution is -2.32. The minimum Gasteiger partial charge on any atom is -0.455 e. The molecule has 1 aliphatic rings. The van der Waals surface area contributed by atoms with E-state index in [9.17, 15) is 0 Å². The first-order valence-corrected chi connectivity index (χ1v) is 18.8. The molecule has 1 nitrogen and oxygen atoms in total. The van der Waals surface area contributed by atoms with Gasteiger partial charge >= 0.3 is 0 Å². The lowest BCUT2D eigenvalue weighted by atomic mass is 9.76. The summed E-state index contributed by atoms with van der Waals surface area (Å²) in [4.78, 5) is 0. The number of halogens is 2. The van der Waals surface area contributed by atoms with Gasteiger partial charge in [0.1, 0.15) is 11.5 Å². The van der Waals surface area contributed by atoms with Crippen molar-refractivity contribution in [1.29, 1.82) is 0 Å². The molecule has 2 unspecified atom stereocenters. The minimum absolute atomic E-state index is 0.246. The molecule has 6 aromatic carbocycles. The molecule has 7 rings (SSSR count). The molecule has 0 bridgehead atoms. The quantitative estimate of drug-likeness (QED) is 0.155. The molecule has 216 valence electrons. The zero-order chi connectivity index (χ0) is 30.3. The third-order valence-electron chi connectivity index (χ3n) is 8.22. The molecule has 0 aromatic heterocycles. The van der Waals surface area contributed by atoms with Crippen molar-refractivity contribution in [3.05, 3.63) is 166 Å². The molecule has 2 atom stereocenters. The normalized spacial score (nSPS) is 14.5. The Morgan fingerprint density at radius 3 is 1.18 bits per heavy atom. The van der Waals surface area contributed by atoms with E-state index in [-0.39, 0.29) is 5.41 Å². The first-order valence-electron chi connectivity index (χ1n) is 14.6. The molecule has 1 heterocycles. The summed E-state index contributed by atoms with van der Waals surface area (Å²) in [5.41, 5.74) is 2.21. The van der Waals surface area contributed by atoms with Crippen molar-refractivity contribution in [2.75, 3.05) is 0 Å². The summed E-state index contributed by atoms with van der Waals surface area (Å²) in [6.45, 7) is 4.69. The molecule has 0 aliphatic carbocycles. The molecule has 0 radical (unpaired) electrons. The van der Waals surface area contributed by atoms with E-state index in [1.165, 1.54) is 43.0 Å². The summed E-state index contributed by atoms with van der Waals surface area (Å²) in [6.07, 6.45) is 0. The molecule has 0 N–H and O–H groups in total. The maximum Gasteiger partial charge on any atom is 0.139 e. The van der Waals surface area contributed by atoms with Crippen molar-refractivity contribution in [3.8, 4) is 11.5 Å². The zero-order valence-corrected chi connectivity index (χ0v) is 29.4. The average molecular weight is 736 g/mol. The Morgan fingerprint density at radius 2 is 0.795 bits per heavy atom. The Hall–Kier alpha value is -3.06. The number of hydrogen-bond acceptors (Lipinski definition) is 1. The van der Waals surface area contributed by atoms with Gasteiger partial charge in [-0.1, -0.05) is 167 Å². The highest BCUT2D eigenvalue weighted by molar-refractivity contribution is 9.10. The fourth-order valence-electron chi connectivity index (χ4n) is 6.04. The van der Waals surface area contributed by atoms with Crippen LogP contribution in [0.1, 0.15) is 25.0 Å². The van der Waals surface area contributed by atoms with Crippen molar-refractivity contribution in [3.63, 3.8) is 0 Å². The highest BCUT2D eigenvalue weighted by Crippen LogP contribution is 2.52. The van der Waals surface area contributed by atoms with Gasteiger partial charge < -0.3 is 4.74 Å². The molecule has 1 aliphatic heterocycles. The second kappa shape index (κ2) is 12.4. The number of hydrogen-bond donors (Lipinski definition) is 0. The van der Waals surface area contributed by atoms with Gasteiger partial charge in [0.2, 0.25) is 0 Å². The van der Waals surface area contributed by atoms with E-state index in [2.05, 4.69) is 191 Å². The van der Waals surface area contributed by atoms with Crippen LogP contribution >= 0.6 is 47.7 Å². The largest absolute Gasteiger partial charge is 0.455 e. The molecule has 0 saturated carbocycles. The number of rotatable bonds is 6. The topological polar surface area (TPSA) is 9.23 Å². The van der Waals surface area contributed by atoms with Crippen molar-refractivity contribution in [1.82, 2.24) is 0 Å². The highest BCUT2D eigenvalue weighted by Gasteiger charge is 2.39. The Balaban J connectivity index is 1.45. The van der Waals surface area contributed by atoms with Crippen LogP contribution in [0.2, 0.25) is 0 Å². The lowest BCUT2D eigenvalue weighted by molar-refractivity contribution is 0.425. The molecule has 6 aromatic rings. The van der Waals surface area contributed by atoms with Crippen LogP contribution in [0.15, 0.2) is 155 Å². The van der Waals surface area contributed by atoms with E-state index in [4.69, 9.17) is 4.74 Å². The first kappa shape index (κ1) is 29.6. The molecule has 0 spiro atoms. The second-order valence-electron chi connectivity index (χ2n) is 11.3. The highest BCUT2D eigenvalue weighted by atomic mass is 79.9. The summed E-state index contributed by atoms with van der Waals surface area (Å²) < 4.78 is 9.45. The summed E-state index contributed by atoms with van der Waals surface area (Å²) in [6, 6.07) is 52.8. The van der Waals surface area contributed by atoms with E-state index >= 15 is 0 Å². The third-order valence-corrected chi connectivity index (χ3v) is 14.2. The van der Waals surface area contributed by atoms with Crippen LogP contribution < -0.4 is 36.6 Å². The molecule has 44 heavy (non-hydrogen) atoms. The van der Waals surface area contributed by atoms with Crippen LogP contribution in [-0.2, 0) is 5.41 Å². The predicted molar refractivity (Wildman–Crippen MR) is 198 cm³/mol. The van der Waals surface area contributed by atoms with Crippen molar-refractivity contribution in [2.24, 2.45) is 0 Å². The summed E-state index contributed by atoms with van der Waals surface area (Å²) >= 11 is 7.29. The third kappa shape index (κ3) is 5.50. The van der Waals surface area contributed by atoms with Gasteiger partial charge in [-0.2, -0.15) is 0 Å². The SMILES string of the molecule is CC1(C)c2cccc(P(c3ccccc3)c3ccc(Br)cc3)c2Oc2c(P(c3ccccc3)c3ccc(Br)cc3)cccc21. The summed E-state index contributed by atoms with van der Waals surface area (Å²) in [5, 5.41) is 7.69. The molecular formula is C39H30Br2OP2. The molecule has 0 fully saturated rings. The van der Waals surface area contributed by atoms with Crippen molar-refractivity contribution < 1.29 is 4.74 Å². The molecular weight excluding hydrogens is 706 g/mol.